The van der Waals surface area contributed by atoms with Crippen LogP contribution in [0.5, 0.6) is 0 Å². The summed E-state index contributed by atoms with van der Waals surface area (Å²) in [4.78, 5) is 0. The SMILES string of the molecule is CCNC(c1ccccc1Cl)C1CCOCC1. The normalized spacial score (nSPS) is 19.2. The summed E-state index contributed by atoms with van der Waals surface area (Å²) < 4.78 is 5.43. The van der Waals surface area contributed by atoms with Crippen molar-refractivity contribution in [3.05, 3.63) is 34.9 Å². The van der Waals surface area contributed by atoms with Gasteiger partial charge in [0.05, 0.1) is 0 Å². The van der Waals surface area contributed by atoms with Gasteiger partial charge >= 0.3 is 0 Å². The Hall–Kier alpha value is -0.570. The highest BCUT2D eigenvalue weighted by atomic mass is 35.5. The lowest BCUT2D eigenvalue weighted by Gasteiger charge is -2.31. The molecule has 0 bridgehead atoms. The van der Waals surface area contributed by atoms with Crippen LogP contribution in [0.4, 0.5) is 0 Å². The van der Waals surface area contributed by atoms with Gasteiger partial charge < -0.3 is 10.1 Å². The summed E-state index contributed by atoms with van der Waals surface area (Å²) in [6.07, 6.45) is 2.23. The van der Waals surface area contributed by atoms with Gasteiger partial charge in [0.2, 0.25) is 0 Å². The summed E-state index contributed by atoms with van der Waals surface area (Å²) >= 11 is 6.30. The second kappa shape index (κ2) is 6.39. The van der Waals surface area contributed by atoms with Crippen LogP contribution in [0.1, 0.15) is 31.4 Å². The van der Waals surface area contributed by atoms with Crippen molar-refractivity contribution < 1.29 is 4.74 Å². The van der Waals surface area contributed by atoms with Crippen LogP contribution in [0.3, 0.4) is 0 Å². The van der Waals surface area contributed by atoms with Gasteiger partial charge in [0.15, 0.2) is 0 Å². The van der Waals surface area contributed by atoms with Crippen LogP contribution in [0.15, 0.2) is 24.3 Å². The first-order chi connectivity index (χ1) is 8.33. The summed E-state index contributed by atoms with van der Waals surface area (Å²) in [5.41, 5.74) is 1.22. The van der Waals surface area contributed by atoms with Gasteiger partial charge in [0.1, 0.15) is 0 Å². The van der Waals surface area contributed by atoms with Gasteiger partial charge in [-0.15, -0.1) is 0 Å². The van der Waals surface area contributed by atoms with Crippen LogP contribution in [0.25, 0.3) is 0 Å². The predicted molar refractivity (Wildman–Crippen MR) is 71.4 cm³/mol. The van der Waals surface area contributed by atoms with E-state index in [1.807, 2.05) is 12.1 Å². The molecule has 1 aromatic rings. The Kier molecular flexibility index (Phi) is 4.84. The van der Waals surface area contributed by atoms with Crippen LogP contribution in [-0.4, -0.2) is 19.8 Å². The fraction of sp³-hybridized carbons (Fsp3) is 0.571. The fourth-order valence-electron chi connectivity index (χ4n) is 2.53. The molecule has 1 aromatic carbocycles. The molecule has 0 amide bonds. The number of ether oxygens (including phenoxy) is 1. The van der Waals surface area contributed by atoms with Gasteiger partial charge in [-0.25, -0.2) is 0 Å². The lowest BCUT2D eigenvalue weighted by molar-refractivity contribution is 0.0538. The first-order valence-electron chi connectivity index (χ1n) is 6.38. The third-order valence-electron chi connectivity index (χ3n) is 3.40. The molecule has 17 heavy (non-hydrogen) atoms. The molecule has 3 heteroatoms. The van der Waals surface area contributed by atoms with Gasteiger partial charge in [-0.1, -0.05) is 36.7 Å². The zero-order valence-electron chi connectivity index (χ0n) is 10.3. The van der Waals surface area contributed by atoms with Crippen LogP contribution in [0.2, 0.25) is 5.02 Å². The van der Waals surface area contributed by atoms with E-state index in [4.69, 9.17) is 16.3 Å². The summed E-state index contributed by atoms with van der Waals surface area (Å²) in [7, 11) is 0. The topological polar surface area (TPSA) is 21.3 Å². The fourth-order valence-corrected chi connectivity index (χ4v) is 2.78. The first kappa shape index (κ1) is 12.9. The molecular weight excluding hydrogens is 234 g/mol. The molecule has 0 aliphatic carbocycles. The van der Waals surface area contributed by atoms with E-state index in [0.29, 0.717) is 12.0 Å². The molecule has 1 aliphatic heterocycles. The molecule has 0 spiro atoms. The smallest absolute Gasteiger partial charge is 0.0469 e. The molecule has 0 saturated carbocycles. The second-order valence-electron chi connectivity index (χ2n) is 4.51. The van der Waals surface area contributed by atoms with E-state index in [1.54, 1.807) is 0 Å². The summed E-state index contributed by atoms with van der Waals surface area (Å²) in [5.74, 6) is 0.628. The predicted octanol–water partition coefficient (Wildman–Crippen LogP) is 3.42. The largest absolute Gasteiger partial charge is 0.381 e. The van der Waals surface area contributed by atoms with E-state index in [0.717, 1.165) is 37.6 Å². The zero-order valence-corrected chi connectivity index (χ0v) is 11.0. The average molecular weight is 254 g/mol. The molecule has 1 heterocycles. The van der Waals surface area contributed by atoms with Crippen LogP contribution in [0, 0.1) is 5.92 Å². The van der Waals surface area contributed by atoms with E-state index >= 15 is 0 Å². The molecule has 2 nitrogen and oxygen atoms in total. The molecule has 0 aromatic heterocycles. The molecule has 1 N–H and O–H groups in total. The number of rotatable bonds is 4. The molecule has 1 atom stereocenters. The Balaban J connectivity index is 2.18. The molecule has 1 saturated heterocycles. The monoisotopic (exact) mass is 253 g/mol. The Labute approximate surface area is 108 Å². The van der Waals surface area contributed by atoms with Gasteiger partial charge in [-0.2, -0.15) is 0 Å². The Morgan fingerprint density at radius 2 is 2.06 bits per heavy atom. The van der Waals surface area contributed by atoms with E-state index in [1.165, 1.54) is 5.56 Å². The third-order valence-corrected chi connectivity index (χ3v) is 3.75. The van der Waals surface area contributed by atoms with Crippen molar-refractivity contribution in [3.8, 4) is 0 Å². The Bertz CT molecular complexity index is 350. The van der Waals surface area contributed by atoms with Crippen molar-refractivity contribution in [2.24, 2.45) is 5.92 Å². The minimum Gasteiger partial charge on any atom is -0.381 e. The minimum atomic E-state index is 0.359. The molecule has 1 aliphatic rings. The minimum absolute atomic E-state index is 0.359. The third kappa shape index (κ3) is 3.21. The van der Waals surface area contributed by atoms with Gasteiger partial charge in [-0.3, -0.25) is 0 Å². The quantitative estimate of drug-likeness (QED) is 0.888. The van der Waals surface area contributed by atoms with Crippen molar-refractivity contribution in [2.75, 3.05) is 19.8 Å². The second-order valence-corrected chi connectivity index (χ2v) is 4.91. The highest BCUT2D eigenvalue weighted by Crippen LogP contribution is 2.33. The molecule has 2 rings (SSSR count). The van der Waals surface area contributed by atoms with Crippen molar-refractivity contribution in [1.82, 2.24) is 5.32 Å². The van der Waals surface area contributed by atoms with E-state index in [2.05, 4.69) is 24.4 Å². The number of nitrogens with one attached hydrogen (secondary N) is 1. The van der Waals surface area contributed by atoms with Gasteiger partial charge in [0.25, 0.3) is 0 Å². The maximum absolute atomic E-state index is 6.30. The van der Waals surface area contributed by atoms with Crippen LogP contribution >= 0.6 is 11.6 Å². The lowest BCUT2D eigenvalue weighted by atomic mass is 9.87. The number of hydrogen-bond donors (Lipinski definition) is 1. The molecular formula is C14H20ClNO. The van der Waals surface area contributed by atoms with Gasteiger partial charge in [-0.05, 0) is 36.9 Å². The number of halogens is 1. The Morgan fingerprint density at radius 3 is 2.71 bits per heavy atom. The standard InChI is InChI=1S/C14H20ClNO/c1-2-16-14(11-7-9-17-10-8-11)12-5-3-4-6-13(12)15/h3-6,11,14,16H,2,7-10H2,1H3. The highest BCUT2D eigenvalue weighted by Gasteiger charge is 2.25. The van der Waals surface area contributed by atoms with Crippen molar-refractivity contribution in [2.45, 2.75) is 25.8 Å². The summed E-state index contributed by atoms with van der Waals surface area (Å²) in [5, 5.41) is 4.44. The van der Waals surface area contributed by atoms with Crippen molar-refractivity contribution in [3.63, 3.8) is 0 Å². The van der Waals surface area contributed by atoms with E-state index < -0.39 is 0 Å². The molecule has 0 radical (unpaired) electrons. The highest BCUT2D eigenvalue weighted by molar-refractivity contribution is 6.31. The molecule has 94 valence electrons. The summed E-state index contributed by atoms with van der Waals surface area (Å²) in [6.45, 7) is 4.85. The van der Waals surface area contributed by atoms with Crippen molar-refractivity contribution in [1.29, 1.82) is 0 Å². The van der Waals surface area contributed by atoms with E-state index in [-0.39, 0.29) is 0 Å². The maximum atomic E-state index is 6.30. The number of benzene rings is 1. The maximum Gasteiger partial charge on any atom is 0.0469 e. The van der Waals surface area contributed by atoms with Crippen LogP contribution < -0.4 is 5.32 Å². The molecule has 1 fully saturated rings. The van der Waals surface area contributed by atoms with Crippen LogP contribution in [-0.2, 0) is 4.74 Å². The lowest BCUT2D eigenvalue weighted by Crippen LogP contribution is -2.32. The average Bonchev–Trinajstić information content (AvgIpc) is 2.38. The zero-order chi connectivity index (χ0) is 12.1. The van der Waals surface area contributed by atoms with Gasteiger partial charge in [0, 0.05) is 24.3 Å². The van der Waals surface area contributed by atoms with E-state index in [9.17, 15) is 0 Å². The first-order valence-corrected chi connectivity index (χ1v) is 6.76. The number of hydrogen-bond acceptors (Lipinski definition) is 2. The van der Waals surface area contributed by atoms with Crippen molar-refractivity contribution >= 4 is 11.6 Å². The Morgan fingerprint density at radius 1 is 1.35 bits per heavy atom. The summed E-state index contributed by atoms with van der Waals surface area (Å²) in [6, 6.07) is 8.51. The molecule has 1 unspecified atom stereocenters.